The zero-order valence-electron chi connectivity index (χ0n) is 8.96. The van der Waals surface area contributed by atoms with Crippen LogP contribution in [0.3, 0.4) is 0 Å². The van der Waals surface area contributed by atoms with Crippen molar-refractivity contribution in [2.75, 3.05) is 5.73 Å². The number of anilines is 1. The van der Waals surface area contributed by atoms with Crippen molar-refractivity contribution in [3.05, 3.63) is 49.1 Å². The Morgan fingerprint density at radius 1 is 1.47 bits per heavy atom. The highest BCUT2D eigenvalue weighted by Gasteiger charge is 2.16. The Morgan fingerprint density at radius 2 is 2.18 bits per heavy atom. The molecule has 0 unspecified atom stereocenters. The number of para-hydroxylation sites is 1. The third-order valence-corrected chi connectivity index (χ3v) is 4.84. The summed E-state index contributed by atoms with van der Waals surface area (Å²) in [6.45, 7) is 1.95. The highest BCUT2D eigenvalue weighted by Crippen LogP contribution is 2.31. The van der Waals surface area contributed by atoms with Gasteiger partial charge in [-0.2, -0.15) is 0 Å². The molecule has 2 aromatic rings. The summed E-state index contributed by atoms with van der Waals surface area (Å²) in [4.78, 5) is 14.0. The second-order valence-electron chi connectivity index (χ2n) is 3.54. The van der Waals surface area contributed by atoms with E-state index in [0.29, 0.717) is 21.2 Å². The van der Waals surface area contributed by atoms with Gasteiger partial charge in [-0.05, 0) is 41.1 Å². The summed E-state index contributed by atoms with van der Waals surface area (Å²) in [5.41, 5.74) is 6.59. The Bertz CT molecular complexity index is 575. The van der Waals surface area contributed by atoms with Crippen molar-refractivity contribution < 1.29 is 4.79 Å². The Morgan fingerprint density at radius 3 is 2.76 bits per heavy atom. The third kappa shape index (κ3) is 2.39. The van der Waals surface area contributed by atoms with Gasteiger partial charge >= 0.3 is 0 Å². The number of carbonyl (C=O) groups is 1. The minimum atomic E-state index is -0.0937. The Kier molecular flexibility index (Phi) is 3.56. The predicted octanol–water partition coefficient (Wildman–Crippen LogP) is 4.29. The molecule has 0 saturated carbocycles. The molecule has 0 radical (unpaired) electrons. The van der Waals surface area contributed by atoms with Gasteiger partial charge in [0, 0.05) is 14.9 Å². The van der Waals surface area contributed by atoms with E-state index < -0.39 is 0 Å². The molecule has 0 aliphatic heterocycles. The lowest BCUT2D eigenvalue weighted by molar-refractivity contribution is 0.104. The van der Waals surface area contributed by atoms with Crippen LogP contribution in [0.2, 0.25) is 5.02 Å². The van der Waals surface area contributed by atoms with E-state index in [4.69, 9.17) is 17.3 Å². The van der Waals surface area contributed by atoms with E-state index in [0.717, 1.165) is 9.35 Å². The molecule has 0 aliphatic rings. The second-order valence-corrected chi connectivity index (χ2v) is 6.06. The van der Waals surface area contributed by atoms with Crippen molar-refractivity contribution in [1.29, 1.82) is 0 Å². The quantitative estimate of drug-likeness (QED) is 0.659. The van der Waals surface area contributed by atoms with Gasteiger partial charge in [-0.15, -0.1) is 11.3 Å². The molecule has 0 amide bonds. The van der Waals surface area contributed by atoms with Crippen LogP contribution in [-0.4, -0.2) is 5.78 Å². The maximum Gasteiger partial charge on any atom is 0.205 e. The van der Waals surface area contributed by atoms with Crippen LogP contribution in [0.1, 0.15) is 20.1 Å². The van der Waals surface area contributed by atoms with Crippen LogP contribution >= 0.6 is 38.9 Å². The van der Waals surface area contributed by atoms with Crippen LogP contribution in [0.25, 0.3) is 0 Å². The largest absolute Gasteiger partial charge is 0.397 e. The number of nitrogens with two attached hydrogens (primary N) is 1. The fraction of sp³-hybridized carbons (Fsp3) is 0.0833. The third-order valence-electron chi connectivity index (χ3n) is 2.38. The summed E-state index contributed by atoms with van der Waals surface area (Å²) in [6, 6.07) is 6.89. The van der Waals surface area contributed by atoms with Crippen molar-refractivity contribution in [3.63, 3.8) is 0 Å². The molecule has 17 heavy (non-hydrogen) atoms. The van der Waals surface area contributed by atoms with E-state index >= 15 is 0 Å². The van der Waals surface area contributed by atoms with Gasteiger partial charge in [-0.25, -0.2) is 0 Å². The molecular weight excluding hydrogens is 322 g/mol. The van der Waals surface area contributed by atoms with E-state index in [1.54, 1.807) is 18.2 Å². The molecular formula is C12H9BrClNOS. The Hall–Kier alpha value is -0.840. The number of rotatable bonds is 2. The van der Waals surface area contributed by atoms with Gasteiger partial charge in [0.25, 0.3) is 0 Å². The number of thiophene rings is 1. The molecule has 1 aromatic carbocycles. The lowest BCUT2D eigenvalue weighted by Gasteiger charge is -2.04. The summed E-state index contributed by atoms with van der Waals surface area (Å²) in [7, 11) is 0. The number of hydrogen-bond donors (Lipinski definition) is 1. The Balaban J connectivity index is 2.47. The topological polar surface area (TPSA) is 43.1 Å². The van der Waals surface area contributed by atoms with E-state index in [1.165, 1.54) is 11.3 Å². The van der Waals surface area contributed by atoms with E-state index in [9.17, 15) is 4.79 Å². The number of benzene rings is 1. The van der Waals surface area contributed by atoms with Crippen molar-refractivity contribution in [2.24, 2.45) is 0 Å². The minimum Gasteiger partial charge on any atom is -0.397 e. The predicted molar refractivity (Wildman–Crippen MR) is 76.1 cm³/mol. The lowest BCUT2D eigenvalue weighted by Crippen LogP contribution is -2.03. The molecule has 0 atom stereocenters. The summed E-state index contributed by atoms with van der Waals surface area (Å²) in [5, 5.41) is 0.406. The van der Waals surface area contributed by atoms with Crippen molar-refractivity contribution in [2.45, 2.75) is 6.92 Å². The van der Waals surface area contributed by atoms with Gasteiger partial charge in [0.15, 0.2) is 0 Å². The van der Waals surface area contributed by atoms with E-state index in [2.05, 4.69) is 15.9 Å². The van der Waals surface area contributed by atoms with Crippen LogP contribution in [0.15, 0.2) is 28.7 Å². The van der Waals surface area contributed by atoms with Crippen molar-refractivity contribution in [3.8, 4) is 0 Å². The molecule has 0 aliphatic carbocycles. The van der Waals surface area contributed by atoms with Crippen molar-refractivity contribution >= 4 is 50.3 Å². The summed E-state index contributed by atoms with van der Waals surface area (Å²) in [6.07, 6.45) is 0. The average molecular weight is 331 g/mol. The number of aryl methyl sites for hydroxylation is 1. The molecule has 0 saturated heterocycles. The molecule has 0 fully saturated rings. The zero-order chi connectivity index (χ0) is 12.6. The molecule has 2 rings (SSSR count). The molecule has 2 nitrogen and oxygen atoms in total. The number of hydrogen-bond acceptors (Lipinski definition) is 3. The van der Waals surface area contributed by atoms with Crippen molar-refractivity contribution in [1.82, 2.24) is 0 Å². The van der Waals surface area contributed by atoms with Gasteiger partial charge in [0.05, 0.1) is 15.6 Å². The maximum absolute atomic E-state index is 12.2. The molecule has 0 spiro atoms. The summed E-state index contributed by atoms with van der Waals surface area (Å²) < 4.78 is 0.937. The standard InChI is InChI=1S/C12H9BrClNOS/c1-6-8(13)5-10(17-6)12(16)7-3-2-4-9(14)11(7)15/h2-5H,15H2,1H3. The van der Waals surface area contributed by atoms with Crippen LogP contribution in [0.5, 0.6) is 0 Å². The van der Waals surface area contributed by atoms with Gasteiger partial charge in [0.2, 0.25) is 5.78 Å². The zero-order valence-corrected chi connectivity index (χ0v) is 12.1. The van der Waals surface area contributed by atoms with Crippen LogP contribution in [0, 0.1) is 6.92 Å². The highest BCUT2D eigenvalue weighted by atomic mass is 79.9. The molecule has 2 N–H and O–H groups in total. The average Bonchev–Trinajstić information content (AvgIpc) is 2.62. The molecule has 1 aromatic heterocycles. The fourth-order valence-corrected chi connectivity index (χ4v) is 3.10. The van der Waals surface area contributed by atoms with Crippen LogP contribution < -0.4 is 5.73 Å². The number of ketones is 1. The molecule has 1 heterocycles. The van der Waals surface area contributed by atoms with Gasteiger partial charge in [0.1, 0.15) is 0 Å². The van der Waals surface area contributed by atoms with Crippen LogP contribution in [-0.2, 0) is 0 Å². The first-order valence-electron chi connectivity index (χ1n) is 4.85. The van der Waals surface area contributed by atoms with Gasteiger partial charge in [-0.1, -0.05) is 17.7 Å². The fourth-order valence-electron chi connectivity index (χ4n) is 1.44. The first kappa shape index (κ1) is 12.6. The monoisotopic (exact) mass is 329 g/mol. The highest BCUT2D eigenvalue weighted by molar-refractivity contribution is 9.10. The normalized spacial score (nSPS) is 10.5. The Labute approximate surface area is 117 Å². The smallest absolute Gasteiger partial charge is 0.205 e. The SMILES string of the molecule is Cc1sc(C(=O)c2cccc(Cl)c2N)cc1Br. The van der Waals surface area contributed by atoms with Gasteiger partial charge < -0.3 is 5.73 Å². The summed E-state index contributed by atoms with van der Waals surface area (Å²) >= 11 is 10.7. The molecule has 0 bridgehead atoms. The molecule has 5 heteroatoms. The number of halogens is 2. The maximum atomic E-state index is 12.2. The number of carbonyl (C=O) groups excluding carboxylic acids is 1. The summed E-state index contributed by atoms with van der Waals surface area (Å²) in [5.74, 6) is -0.0937. The first-order chi connectivity index (χ1) is 8.00. The first-order valence-corrected chi connectivity index (χ1v) is 6.84. The number of nitrogen functional groups attached to an aromatic ring is 1. The minimum absolute atomic E-state index is 0.0937. The lowest BCUT2D eigenvalue weighted by atomic mass is 10.1. The van der Waals surface area contributed by atoms with Crippen LogP contribution in [0.4, 0.5) is 5.69 Å². The second kappa shape index (κ2) is 4.80. The van der Waals surface area contributed by atoms with E-state index in [-0.39, 0.29) is 5.78 Å². The van der Waals surface area contributed by atoms with E-state index in [1.807, 2.05) is 13.0 Å². The van der Waals surface area contributed by atoms with Gasteiger partial charge in [-0.3, -0.25) is 4.79 Å². The molecule has 88 valence electrons.